The first-order valence-electron chi connectivity index (χ1n) is 4.63. The van der Waals surface area contributed by atoms with Crippen LogP contribution >= 0.6 is 0 Å². The third kappa shape index (κ3) is 1.64. The van der Waals surface area contributed by atoms with Crippen molar-refractivity contribution in [1.29, 1.82) is 0 Å². The molecule has 14 heavy (non-hydrogen) atoms. The minimum Gasteiger partial charge on any atom is -0.351 e. The smallest absolute Gasteiger partial charge is 0.292 e. The molecule has 1 amide bonds. The molecule has 1 aromatic rings. The molecule has 75 valence electrons. The van der Waals surface area contributed by atoms with Crippen LogP contribution in [0.3, 0.4) is 0 Å². The molecule has 0 N–H and O–H groups in total. The summed E-state index contributed by atoms with van der Waals surface area (Å²) in [4.78, 5) is 13.5. The van der Waals surface area contributed by atoms with E-state index in [4.69, 9.17) is 4.52 Å². The zero-order valence-electron chi connectivity index (χ0n) is 8.36. The third-order valence-corrected chi connectivity index (χ3v) is 2.37. The Kier molecular flexibility index (Phi) is 2.06. The molecule has 0 saturated carbocycles. The van der Waals surface area contributed by atoms with Gasteiger partial charge in [-0.05, 0) is 11.8 Å². The number of carbonyl (C=O) groups is 1. The molecule has 2 rings (SSSR count). The Morgan fingerprint density at radius 3 is 2.93 bits per heavy atom. The molecule has 1 aliphatic heterocycles. The second kappa shape index (κ2) is 3.12. The summed E-state index contributed by atoms with van der Waals surface area (Å²) in [5.41, 5.74) is 0.176. The maximum Gasteiger partial charge on any atom is 0.292 e. The maximum absolute atomic E-state index is 11.8. The Hall–Kier alpha value is -1.32. The van der Waals surface area contributed by atoms with Crippen LogP contribution in [0, 0.1) is 12.0 Å². The lowest BCUT2D eigenvalue weighted by Gasteiger charge is -2.18. The predicted octanol–water partition coefficient (Wildman–Crippen LogP) is 1.71. The second-order valence-corrected chi connectivity index (χ2v) is 4.36. The largest absolute Gasteiger partial charge is 0.351 e. The quantitative estimate of drug-likeness (QED) is 0.682. The van der Waals surface area contributed by atoms with E-state index in [-0.39, 0.29) is 11.3 Å². The average Bonchev–Trinajstić information content (AvgIpc) is 2.72. The Bertz CT molecular complexity index is 330. The van der Waals surface area contributed by atoms with Crippen molar-refractivity contribution >= 4 is 5.91 Å². The molecule has 1 saturated heterocycles. The first-order valence-corrected chi connectivity index (χ1v) is 4.63. The van der Waals surface area contributed by atoms with Crippen molar-refractivity contribution < 1.29 is 9.32 Å². The Labute approximate surface area is 82.9 Å². The topological polar surface area (TPSA) is 46.3 Å². The number of aromatic nitrogens is 1. The summed E-state index contributed by atoms with van der Waals surface area (Å²) in [6.07, 6.45) is 2.40. The molecular weight excluding hydrogens is 180 g/mol. The van der Waals surface area contributed by atoms with Gasteiger partial charge in [0.05, 0.1) is 12.7 Å². The van der Waals surface area contributed by atoms with Crippen molar-refractivity contribution in [1.82, 2.24) is 10.1 Å². The van der Waals surface area contributed by atoms with E-state index in [1.165, 1.54) is 6.20 Å². The molecule has 4 nitrogen and oxygen atoms in total. The van der Waals surface area contributed by atoms with Crippen LogP contribution in [0.5, 0.6) is 0 Å². The first kappa shape index (κ1) is 9.24. The van der Waals surface area contributed by atoms with Gasteiger partial charge in [0.25, 0.3) is 5.91 Å². The van der Waals surface area contributed by atoms with Crippen molar-refractivity contribution in [2.45, 2.75) is 20.3 Å². The minimum atomic E-state index is -0.104. The average molecular weight is 193 g/mol. The minimum absolute atomic E-state index is 0.104. The second-order valence-electron chi connectivity index (χ2n) is 4.36. The summed E-state index contributed by atoms with van der Waals surface area (Å²) in [5, 5.41) is 3.51. The summed E-state index contributed by atoms with van der Waals surface area (Å²) < 4.78 is 4.81. The highest BCUT2D eigenvalue weighted by Gasteiger charge is 2.33. The van der Waals surface area contributed by atoms with E-state index < -0.39 is 0 Å². The highest BCUT2D eigenvalue weighted by atomic mass is 16.5. The number of hydrogen-bond acceptors (Lipinski definition) is 3. The Morgan fingerprint density at radius 2 is 2.43 bits per heavy atom. The van der Waals surface area contributed by atoms with Crippen molar-refractivity contribution in [3.63, 3.8) is 0 Å². The molecule has 1 fully saturated rings. The van der Waals surface area contributed by atoms with Gasteiger partial charge in [0.1, 0.15) is 0 Å². The number of hydrogen-bond donors (Lipinski definition) is 0. The van der Waals surface area contributed by atoms with E-state index in [0.717, 1.165) is 13.0 Å². The van der Waals surface area contributed by atoms with Crippen molar-refractivity contribution in [3.05, 3.63) is 24.6 Å². The molecule has 0 aliphatic carbocycles. The normalized spacial score (nSPS) is 20.0. The van der Waals surface area contributed by atoms with Gasteiger partial charge in [0.2, 0.25) is 5.76 Å². The van der Waals surface area contributed by atoms with Crippen LogP contribution in [0.15, 0.2) is 16.8 Å². The molecular formula is C10H13N2O2. The van der Waals surface area contributed by atoms with Crippen LogP contribution in [0.25, 0.3) is 0 Å². The number of nitrogens with zero attached hydrogens (tertiary/aromatic N) is 2. The fraction of sp³-hybridized carbons (Fsp3) is 0.500. The molecule has 0 spiro atoms. The number of carbonyl (C=O) groups excluding carboxylic acids is 1. The summed E-state index contributed by atoms with van der Waals surface area (Å²) in [6, 6.07) is 1.58. The molecule has 0 atom stereocenters. The van der Waals surface area contributed by atoms with Crippen LogP contribution in [-0.4, -0.2) is 22.5 Å². The van der Waals surface area contributed by atoms with Crippen LogP contribution in [0.1, 0.15) is 30.8 Å². The van der Waals surface area contributed by atoms with Crippen molar-refractivity contribution in [2.75, 3.05) is 6.54 Å². The molecule has 4 heteroatoms. The van der Waals surface area contributed by atoms with E-state index in [1.54, 1.807) is 11.0 Å². The van der Waals surface area contributed by atoms with Gasteiger partial charge in [-0.1, -0.05) is 19.0 Å². The zero-order valence-corrected chi connectivity index (χ0v) is 8.36. The van der Waals surface area contributed by atoms with E-state index >= 15 is 0 Å². The van der Waals surface area contributed by atoms with Gasteiger partial charge in [-0.2, -0.15) is 0 Å². The van der Waals surface area contributed by atoms with Crippen LogP contribution < -0.4 is 0 Å². The predicted molar refractivity (Wildman–Crippen MR) is 50.2 cm³/mol. The number of amides is 1. The highest BCUT2D eigenvalue weighted by molar-refractivity contribution is 5.92. The van der Waals surface area contributed by atoms with E-state index in [0.29, 0.717) is 5.76 Å². The van der Waals surface area contributed by atoms with Crippen molar-refractivity contribution in [2.24, 2.45) is 5.41 Å². The summed E-state index contributed by atoms with van der Waals surface area (Å²) >= 11 is 0. The molecule has 2 heterocycles. The van der Waals surface area contributed by atoms with Crippen molar-refractivity contribution in [3.8, 4) is 0 Å². The highest BCUT2D eigenvalue weighted by Crippen LogP contribution is 2.32. The van der Waals surface area contributed by atoms with Crippen LogP contribution in [0.2, 0.25) is 0 Å². The summed E-state index contributed by atoms with van der Waals surface area (Å²) in [7, 11) is 0. The zero-order chi connectivity index (χ0) is 10.2. The standard InChI is InChI=1S/C10H13N2O2/c1-10(2)4-6-12(7-10)9(13)8-3-5-11-14-8/h3,5-6H,4,7H2,1-2H3. The Balaban J connectivity index is 2.08. The fourth-order valence-corrected chi connectivity index (χ4v) is 1.57. The van der Waals surface area contributed by atoms with Crippen LogP contribution in [0.4, 0.5) is 0 Å². The lowest BCUT2D eigenvalue weighted by atomic mass is 9.93. The van der Waals surface area contributed by atoms with Gasteiger partial charge in [-0.25, -0.2) is 0 Å². The summed E-state index contributed by atoms with van der Waals surface area (Å²) in [5.74, 6) is 0.201. The van der Waals surface area contributed by atoms with Gasteiger partial charge >= 0.3 is 0 Å². The first-order chi connectivity index (χ1) is 6.58. The SMILES string of the molecule is CC1(C)C[CH]N(C(=O)c2ccno2)C1. The molecule has 1 aromatic heterocycles. The molecule has 1 radical (unpaired) electrons. The van der Waals surface area contributed by atoms with E-state index in [1.807, 2.05) is 6.54 Å². The monoisotopic (exact) mass is 193 g/mol. The molecule has 0 bridgehead atoms. The fourth-order valence-electron chi connectivity index (χ4n) is 1.57. The van der Waals surface area contributed by atoms with Gasteiger partial charge in [0.15, 0.2) is 0 Å². The van der Waals surface area contributed by atoms with Crippen LogP contribution in [-0.2, 0) is 0 Å². The molecule has 0 unspecified atom stereocenters. The molecule has 1 aliphatic rings. The van der Waals surface area contributed by atoms with E-state index in [2.05, 4.69) is 19.0 Å². The summed E-state index contributed by atoms with van der Waals surface area (Å²) in [6.45, 7) is 6.94. The third-order valence-electron chi connectivity index (χ3n) is 2.37. The van der Waals surface area contributed by atoms with Gasteiger partial charge in [-0.15, -0.1) is 0 Å². The lowest BCUT2D eigenvalue weighted by Crippen LogP contribution is -2.28. The maximum atomic E-state index is 11.8. The van der Waals surface area contributed by atoms with Gasteiger partial charge in [-0.3, -0.25) is 4.79 Å². The lowest BCUT2D eigenvalue weighted by molar-refractivity contribution is 0.0763. The van der Waals surface area contributed by atoms with E-state index in [9.17, 15) is 4.79 Å². The number of rotatable bonds is 1. The molecule has 0 aromatic carbocycles. The van der Waals surface area contributed by atoms with Gasteiger partial charge < -0.3 is 9.42 Å². The Morgan fingerprint density at radius 1 is 1.64 bits per heavy atom. The van der Waals surface area contributed by atoms with Gasteiger partial charge in [0, 0.05) is 12.6 Å². The number of likely N-dealkylation sites (tertiary alicyclic amines) is 1.